The first-order chi connectivity index (χ1) is 13.3. The second-order valence-electron chi connectivity index (χ2n) is 8.57. The Bertz CT molecular complexity index is 918. The third kappa shape index (κ3) is 3.59. The number of likely N-dealkylation sites (tertiary alicyclic amines) is 1. The highest BCUT2D eigenvalue weighted by molar-refractivity contribution is 7.14. The normalized spacial score (nSPS) is 20.7. The summed E-state index contributed by atoms with van der Waals surface area (Å²) in [6.45, 7) is 5.47. The van der Waals surface area contributed by atoms with E-state index in [0.717, 1.165) is 25.7 Å². The van der Waals surface area contributed by atoms with Crippen LogP contribution in [0, 0.1) is 5.41 Å². The minimum absolute atomic E-state index is 0.0366. The summed E-state index contributed by atoms with van der Waals surface area (Å²) < 4.78 is 0. The number of rotatable bonds is 3. The molecule has 1 aromatic carbocycles. The molecule has 1 aromatic heterocycles. The number of nitrogens with one attached hydrogen (secondary N) is 1. The molecule has 28 heavy (non-hydrogen) atoms. The molecule has 0 saturated carbocycles. The van der Waals surface area contributed by atoms with E-state index < -0.39 is 0 Å². The molecular formula is C22H27N3O2S. The average Bonchev–Trinajstić information content (AvgIpc) is 3.31. The highest BCUT2D eigenvalue weighted by Crippen LogP contribution is 2.31. The summed E-state index contributed by atoms with van der Waals surface area (Å²) in [6.07, 6.45) is 4.07. The van der Waals surface area contributed by atoms with Gasteiger partial charge in [-0.25, -0.2) is 0 Å². The molecule has 2 heterocycles. The predicted octanol–water partition coefficient (Wildman–Crippen LogP) is 3.69. The number of aryl methyl sites for hydroxylation is 2. The number of carbonyl (C=O) groups is 2. The molecule has 2 aliphatic rings. The molecule has 3 N–H and O–H groups in total. The number of anilines is 1. The van der Waals surface area contributed by atoms with E-state index in [1.54, 1.807) is 6.07 Å². The standard InChI is InChI=1S/C22H27N3O2S/c1-22(2)13-25(10-8-18(22)23)21(27)17-9-11-28-20(17)24-19(26)16-7-6-14-4-3-5-15(14)12-16/h6-7,9,11-12,18H,3-5,8,10,13,23H2,1-2H3,(H,24,26). The number of hydrogen-bond donors (Lipinski definition) is 2. The number of piperidine rings is 1. The zero-order valence-corrected chi connectivity index (χ0v) is 17.3. The maximum atomic E-state index is 13.1. The molecule has 0 bridgehead atoms. The number of carbonyl (C=O) groups excluding carboxylic acids is 2. The van der Waals surface area contributed by atoms with Gasteiger partial charge in [0.1, 0.15) is 5.00 Å². The molecule has 148 valence electrons. The van der Waals surface area contributed by atoms with Gasteiger partial charge in [-0.2, -0.15) is 0 Å². The van der Waals surface area contributed by atoms with Crippen molar-refractivity contribution in [3.8, 4) is 0 Å². The van der Waals surface area contributed by atoms with Crippen molar-refractivity contribution in [1.82, 2.24) is 4.90 Å². The van der Waals surface area contributed by atoms with Crippen LogP contribution in [-0.2, 0) is 12.8 Å². The molecule has 0 radical (unpaired) electrons. The Morgan fingerprint density at radius 2 is 2.00 bits per heavy atom. The minimum atomic E-state index is -0.160. The molecule has 1 fully saturated rings. The SMILES string of the molecule is CC1(C)CN(C(=O)c2ccsc2NC(=O)c2ccc3c(c2)CCC3)CCC1N. The number of amides is 2. The van der Waals surface area contributed by atoms with Crippen LogP contribution in [0.3, 0.4) is 0 Å². The highest BCUT2D eigenvalue weighted by atomic mass is 32.1. The molecule has 6 heteroatoms. The van der Waals surface area contributed by atoms with Gasteiger partial charge in [-0.15, -0.1) is 11.3 Å². The van der Waals surface area contributed by atoms with Gasteiger partial charge in [0, 0.05) is 24.7 Å². The molecule has 0 spiro atoms. The number of thiophene rings is 1. The summed E-state index contributed by atoms with van der Waals surface area (Å²) in [5, 5.41) is 5.42. The number of nitrogens with zero attached hydrogens (tertiary/aromatic N) is 1. The number of hydrogen-bond acceptors (Lipinski definition) is 4. The monoisotopic (exact) mass is 397 g/mol. The molecule has 4 rings (SSSR count). The topological polar surface area (TPSA) is 75.4 Å². The summed E-state index contributed by atoms with van der Waals surface area (Å²) >= 11 is 1.39. The first kappa shape index (κ1) is 19.2. The van der Waals surface area contributed by atoms with Crippen molar-refractivity contribution in [3.05, 3.63) is 51.9 Å². The summed E-state index contributed by atoms with van der Waals surface area (Å²) in [5.41, 5.74) is 9.91. The van der Waals surface area contributed by atoms with Crippen LogP contribution >= 0.6 is 11.3 Å². The van der Waals surface area contributed by atoms with Crippen molar-refractivity contribution in [2.45, 2.75) is 45.6 Å². The van der Waals surface area contributed by atoms with Gasteiger partial charge < -0.3 is 16.0 Å². The summed E-state index contributed by atoms with van der Waals surface area (Å²) in [7, 11) is 0. The van der Waals surface area contributed by atoms with Gasteiger partial charge in [0.2, 0.25) is 0 Å². The van der Waals surface area contributed by atoms with Crippen molar-refractivity contribution in [2.75, 3.05) is 18.4 Å². The molecular weight excluding hydrogens is 370 g/mol. The van der Waals surface area contributed by atoms with Crippen LogP contribution in [0.5, 0.6) is 0 Å². The number of fused-ring (bicyclic) bond motifs is 1. The molecule has 1 aliphatic carbocycles. The van der Waals surface area contributed by atoms with Gasteiger partial charge in [-0.1, -0.05) is 19.9 Å². The fourth-order valence-electron chi connectivity index (χ4n) is 4.18. The van der Waals surface area contributed by atoms with Crippen molar-refractivity contribution in [1.29, 1.82) is 0 Å². The molecule has 1 saturated heterocycles. The molecule has 1 aliphatic heterocycles. The largest absolute Gasteiger partial charge is 0.338 e. The van der Waals surface area contributed by atoms with Crippen LogP contribution in [0.25, 0.3) is 0 Å². The van der Waals surface area contributed by atoms with Crippen LogP contribution in [-0.4, -0.2) is 35.8 Å². The number of benzene rings is 1. The molecule has 1 atom stereocenters. The Hall–Kier alpha value is -2.18. The third-order valence-electron chi connectivity index (χ3n) is 6.08. The van der Waals surface area contributed by atoms with Gasteiger partial charge in [0.25, 0.3) is 11.8 Å². The molecule has 2 aromatic rings. The summed E-state index contributed by atoms with van der Waals surface area (Å²) in [5.74, 6) is -0.197. The zero-order chi connectivity index (χ0) is 19.9. The third-order valence-corrected chi connectivity index (χ3v) is 6.91. The van der Waals surface area contributed by atoms with E-state index in [-0.39, 0.29) is 23.3 Å². The summed E-state index contributed by atoms with van der Waals surface area (Å²) in [6, 6.07) is 7.81. The highest BCUT2D eigenvalue weighted by Gasteiger charge is 2.36. The lowest BCUT2D eigenvalue weighted by molar-refractivity contribution is 0.0534. The van der Waals surface area contributed by atoms with Crippen LogP contribution < -0.4 is 11.1 Å². The lowest BCUT2D eigenvalue weighted by Crippen LogP contribution is -2.54. The fourth-order valence-corrected chi connectivity index (χ4v) is 4.95. The minimum Gasteiger partial charge on any atom is -0.338 e. The van der Waals surface area contributed by atoms with E-state index in [0.29, 0.717) is 29.2 Å². The lowest BCUT2D eigenvalue weighted by atomic mass is 9.79. The maximum Gasteiger partial charge on any atom is 0.256 e. The molecule has 5 nitrogen and oxygen atoms in total. The quantitative estimate of drug-likeness (QED) is 0.829. The van der Waals surface area contributed by atoms with Crippen LogP contribution in [0.4, 0.5) is 5.00 Å². The van der Waals surface area contributed by atoms with Gasteiger partial charge in [0.15, 0.2) is 0 Å². The second-order valence-corrected chi connectivity index (χ2v) is 9.48. The van der Waals surface area contributed by atoms with Gasteiger partial charge in [-0.05, 0) is 65.8 Å². The predicted molar refractivity (Wildman–Crippen MR) is 113 cm³/mol. The average molecular weight is 398 g/mol. The van der Waals surface area contributed by atoms with Crippen molar-refractivity contribution in [3.63, 3.8) is 0 Å². The van der Waals surface area contributed by atoms with E-state index in [4.69, 9.17) is 5.73 Å². The molecule has 2 amide bonds. The van der Waals surface area contributed by atoms with E-state index in [1.165, 1.54) is 22.5 Å². The zero-order valence-electron chi connectivity index (χ0n) is 16.5. The second kappa shape index (κ2) is 7.33. The Kier molecular flexibility index (Phi) is 5.02. The van der Waals surface area contributed by atoms with Gasteiger partial charge in [0.05, 0.1) is 5.56 Å². The first-order valence-electron chi connectivity index (χ1n) is 9.91. The van der Waals surface area contributed by atoms with Crippen LogP contribution in [0.15, 0.2) is 29.6 Å². The van der Waals surface area contributed by atoms with Crippen LogP contribution in [0.2, 0.25) is 0 Å². The van der Waals surface area contributed by atoms with Crippen molar-refractivity contribution < 1.29 is 9.59 Å². The van der Waals surface area contributed by atoms with E-state index in [1.807, 2.05) is 22.4 Å². The smallest absolute Gasteiger partial charge is 0.256 e. The van der Waals surface area contributed by atoms with Crippen molar-refractivity contribution in [2.24, 2.45) is 11.1 Å². The lowest BCUT2D eigenvalue weighted by Gasteiger charge is -2.42. The van der Waals surface area contributed by atoms with Gasteiger partial charge >= 0.3 is 0 Å². The van der Waals surface area contributed by atoms with E-state index in [9.17, 15) is 9.59 Å². The Morgan fingerprint density at radius 1 is 1.21 bits per heavy atom. The van der Waals surface area contributed by atoms with Crippen molar-refractivity contribution >= 4 is 28.2 Å². The molecule has 1 unspecified atom stereocenters. The fraction of sp³-hybridized carbons (Fsp3) is 0.455. The Labute approximate surface area is 169 Å². The van der Waals surface area contributed by atoms with Gasteiger partial charge in [-0.3, -0.25) is 9.59 Å². The maximum absolute atomic E-state index is 13.1. The van der Waals surface area contributed by atoms with E-state index in [2.05, 4.69) is 25.2 Å². The van der Waals surface area contributed by atoms with Crippen LogP contribution in [0.1, 0.15) is 58.5 Å². The number of nitrogens with two attached hydrogens (primary N) is 1. The van der Waals surface area contributed by atoms with E-state index >= 15 is 0 Å². The first-order valence-corrected chi connectivity index (χ1v) is 10.8. The summed E-state index contributed by atoms with van der Waals surface area (Å²) in [4.78, 5) is 27.7. The Morgan fingerprint density at radius 3 is 2.79 bits per heavy atom. The Balaban J connectivity index is 1.50.